The lowest BCUT2D eigenvalue weighted by Gasteiger charge is -2.46. The van der Waals surface area contributed by atoms with Gasteiger partial charge in [0.1, 0.15) is 18.9 Å². The Morgan fingerprint density at radius 2 is 2.00 bits per heavy atom. The van der Waals surface area contributed by atoms with E-state index in [0.29, 0.717) is 5.56 Å². The van der Waals surface area contributed by atoms with E-state index in [9.17, 15) is 29.6 Å². The fourth-order valence-electron chi connectivity index (χ4n) is 4.80. The van der Waals surface area contributed by atoms with Gasteiger partial charge in [-0.15, -0.1) is 23.5 Å². The van der Waals surface area contributed by atoms with Crippen molar-refractivity contribution in [3.05, 3.63) is 50.5 Å². The van der Waals surface area contributed by atoms with Crippen molar-refractivity contribution < 1.29 is 33.9 Å². The summed E-state index contributed by atoms with van der Waals surface area (Å²) in [4.78, 5) is 49.6. The number of aliphatic hydroxyl groups excluding tert-OH is 1. The molecule has 0 aromatic heterocycles. The Morgan fingerprint density at radius 3 is 2.61 bits per heavy atom. The van der Waals surface area contributed by atoms with Crippen molar-refractivity contribution in [1.29, 1.82) is 0 Å². The van der Waals surface area contributed by atoms with Gasteiger partial charge in [-0.25, -0.2) is 9.59 Å². The number of benzene rings is 1. The summed E-state index contributed by atoms with van der Waals surface area (Å²) < 4.78 is 10.5. The number of ether oxygens (including phenoxy) is 2. The molecule has 4 rings (SSSR count). The van der Waals surface area contributed by atoms with Crippen LogP contribution in [-0.2, 0) is 25.7 Å². The van der Waals surface area contributed by atoms with Crippen molar-refractivity contribution in [3.8, 4) is 0 Å². The molecule has 194 valence electrons. The number of β-lactam (4-membered cyclic amide) rings is 1. The Labute approximate surface area is 215 Å². The number of nitrogens with two attached hydrogens (primary N) is 1. The van der Waals surface area contributed by atoms with Crippen molar-refractivity contribution in [3.63, 3.8) is 0 Å². The molecule has 0 radical (unpaired) electrons. The molecule has 3 N–H and O–H groups in total. The van der Waals surface area contributed by atoms with Gasteiger partial charge in [0.15, 0.2) is 0 Å². The summed E-state index contributed by atoms with van der Waals surface area (Å²) in [6, 6.07) is 5.36. The number of non-ortho nitro benzene ring substituents is 1. The Kier molecular flexibility index (Phi) is 7.81. The molecule has 0 spiro atoms. The third kappa shape index (κ3) is 5.18. The number of aliphatic hydroxyl groups is 1. The highest BCUT2D eigenvalue weighted by atomic mass is 32.2. The van der Waals surface area contributed by atoms with Crippen LogP contribution in [-0.4, -0.2) is 61.5 Å². The first-order chi connectivity index (χ1) is 17.1. The van der Waals surface area contributed by atoms with E-state index < -0.39 is 29.0 Å². The van der Waals surface area contributed by atoms with Gasteiger partial charge >= 0.3 is 12.1 Å². The van der Waals surface area contributed by atoms with E-state index in [1.807, 2.05) is 6.92 Å². The number of carbonyl (C=O) groups is 3. The molecule has 0 aliphatic carbocycles. The Bertz CT molecular complexity index is 1090. The summed E-state index contributed by atoms with van der Waals surface area (Å²) in [5, 5.41) is 21.1. The number of nitro groups is 1. The van der Waals surface area contributed by atoms with Gasteiger partial charge in [0.25, 0.3) is 5.69 Å². The summed E-state index contributed by atoms with van der Waals surface area (Å²) in [5.74, 6) is -1.73. The van der Waals surface area contributed by atoms with Crippen LogP contribution in [0.15, 0.2) is 34.9 Å². The van der Waals surface area contributed by atoms with E-state index in [1.165, 1.54) is 40.9 Å². The van der Waals surface area contributed by atoms with Gasteiger partial charge in [-0.2, -0.15) is 0 Å². The minimum Gasteiger partial charge on any atom is -0.456 e. The largest absolute Gasteiger partial charge is 0.456 e. The maximum atomic E-state index is 13.2. The molecule has 2 fully saturated rings. The zero-order valence-corrected chi connectivity index (χ0v) is 21.3. The second-order valence-electron chi connectivity index (χ2n) is 8.98. The van der Waals surface area contributed by atoms with Gasteiger partial charge < -0.3 is 25.2 Å². The maximum Gasteiger partial charge on any atom is 0.404 e. The quantitative estimate of drug-likeness (QED) is 0.207. The highest BCUT2D eigenvalue weighted by Crippen LogP contribution is 2.54. The van der Waals surface area contributed by atoms with Crippen molar-refractivity contribution >= 4 is 47.2 Å². The Balaban J connectivity index is 1.50. The molecule has 1 aromatic carbocycles. The van der Waals surface area contributed by atoms with Crippen LogP contribution in [0.25, 0.3) is 0 Å². The van der Waals surface area contributed by atoms with Gasteiger partial charge in [-0.1, -0.05) is 6.92 Å². The Morgan fingerprint density at radius 1 is 1.31 bits per heavy atom. The molecule has 0 saturated carbocycles. The average Bonchev–Trinajstić information content (AvgIpc) is 3.37. The van der Waals surface area contributed by atoms with Crippen molar-refractivity contribution in [2.75, 3.05) is 6.61 Å². The second-order valence-corrected chi connectivity index (χ2v) is 12.0. The SMILES string of the molecule is CC(O)[C@@H]1C(=O)N2C(C(=O)OCc3ccc([N+](=O)[O-])cc3)=C(S[C@@H]3CCC(COC(N)=O)S3)[C@H](C)[C@H]12. The molecule has 1 aromatic rings. The molecule has 2 unspecified atom stereocenters. The van der Waals surface area contributed by atoms with Crippen molar-refractivity contribution in [2.24, 2.45) is 17.6 Å². The van der Waals surface area contributed by atoms with Crippen molar-refractivity contribution in [1.82, 2.24) is 4.90 Å². The molecule has 2 saturated heterocycles. The number of esters is 1. The molecular weight excluding hydrogens is 510 g/mol. The fourth-order valence-corrected chi connectivity index (χ4v) is 8.11. The molecule has 36 heavy (non-hydrogen) atoms. The smallest absolute Gasteiger partial charge is 0.404 e. The average molecular weight is 538 g/mol. The number of thioether (sulfide) groups is 2. The van der Waals surface area contributed by atoms with E-state index >= 15 is 0 Å². The normalized spacial score (nSPS) is 27.9. The standard InChI is InChI=1S/C23H27N3O8S2/c1-11-18-17(12(2)27)21(28)25(18)19(20(11)36-16-8-7-15(35-16)10-34-23(24)30)22(29)33-9-13-3-5-14(6-4-13)26(31)32/h3-6,11-12,15-18,27H,7-10H2,1-2H3,(H2,24,30)/t11-,12?,15?,16-,17+,18-/m1/s1. The summed E-state index contributed by atoms with van der Waals surface area (Å²) in [5.41, 5.74) is 5.77. The van der Waals surface area contributed by atoms with Crippen LogP contribution in [0.2, 0.25) is 0 Å². The van der Waals surface area contributed by atoms with E-state index in [-0.39, 0.29) is 52.3 Å². The van der Waals surface area contributed by atoms with E-state index in [2.05, 4.69) is 0 Å². The summed E-state index contributed by atoms with van der Waals surface area (Å²) in [7, 11) is 0. The fraction of sp³-hybridized carbons (Fsp3) is 0.522. The minimum atomic E-state index is -0.848. The number of nitro benzene ring substituents is 1. The Hall–Kier alpha value is -2.77. The van der Waals surface area contributed by atoms with E-state index in [1.54, 1.807) is 18.7 Å². The summed E-state index contributed by atoms with van der Waals surface area (Å²) >= 11 is 3.14. The number of hydrogen-bond acceptors (Lipinski definition) is 10. The van der Waals surface area contributed by atoms with Gasteiger partial charge in [0.2, 0.25) is 5.91 Å². The minimum absolute atomic E-state index is 0.0668. The highest BCUT2D eigenvalue weighted by molar-refractivity contribution is 8.19. The molecule has 6 atom stereocenters. The number of hydrogen-bond donors (Lipinski definition) is 2. The highest BCUT2D eigenvalue weighted by Gasteiger charge is 2.60. The third-order valence-corrected chi connectivity index (χ3v) is 9.79. The lowest BCUT2D eigenvalue weighted by molar-refractivity contribution is -0.384. The predicted octanol–water partition coefficient (Wildman–Crippen LogP) is 2.76. The number of amides is 2. The molecular formula is C23H27N3O8S2. The van der Waals surface area contributed by atoms with Gasteiger partial charge in [0.05, 0.1) is 27.6 Å². The lowest BCUT2D eigenvalue weighted by Crippen LogP contribution is -2.63. The first-order valence-electron chi connectivity index (χ1n) is 11.5. The second kappa shape index (κ2) is 10.7. The van der Waals surface area contributed by atoms with Crippen LogP contribution >= 0.6 is 23.5 Å². The summed E-state index contributed by atoms with van der Waals surface area (Å²) in [6.45, 7) is 3.61. The van der Waals surface area contributed by atoms with Crippen LogP contribution in [0.4, 0.5) is 10.5 Å². The first kappa shape index (κ1) is 26.3. The lowest BCUT2D eigenvalue weighted by atomic mass is 9.79. The van der Waals surface area contributed by atoms with Gasteiger partial charge in [0, 0.05) is 28.2 Å². The monoisotopic (exact) mass is 537 g/mol. The summed E-state index contributed by atoms with van der Waals surface area (Å²) in [6.07, 6.45) is -0.0235. The number of primary amides is 1. The van der Waals surface area contributed by atoms with Crippen LogP contribution in [0, 0.1) is 22.0 Å². The molecule has 3 aliphatic heterocycles. The van der Waals surface area contributed by atoms with Crippen LogP contribution in [0.3, 0.4) is 0 Å². The van der Waals surface area contributed by atoms with Gasteiger partial charge in [-0.3, -0.25) is 14.9 Å². The van der Waals surface area contributed by atoms with Crippen LogP contribution in [0.1, 0.15) is 32.3 Å². The molecule has 3 aliphatic rings. The zero-order valence-electron chi connectivity index (χ0n) is 19.7. The van der Waals surface area contributed by atoms with Crippen LogP contribution in [0.5, 0.6) is 0 Å². The van der Waals surface area contributed by atoms with Crippen molar-refractivity contribution in [2.45, 2.75) is 55.3 Å². The number of rotatable bonds is 9. The number of fused-ring (bicyclic) bond motifs is 1. The van der Waals surface area contributed by atoms with E-state index in [4.69, 9.17) is 15.2 Å². The molecule has 11 nitrogen and oxygen atoms in total. The number of nitrogens with zero attached hydrogens (tertiary/aromatic N) is 2. The van der Waals surface area contributed by atoms with Gasteiger partial charge in [-0.05, 0) is 37.5 Å². The maximum absolute atomic E-state index is 13.2. The van der Waals surface area contributed by atoms with E-state index in [0.717, 1.165) is 17.7 Å². The predicted molar refractivity (Wildman–Crippen MR) is 132 cm³/mol. The zero-order chi connectivity index (χ0) is 26.1. The molecule has 0 bridgehead atoms. The molecule has 13 heteroatoms. The first-order valence-corrected chi connectivity index (χ1v) is 13.3. The molecule has 2 amide bonds. The third-order valence-electron chi connectivity index (χ3n) is 6.56. The molecule has 3 heterocycles. The van der Waals surface area contributed by atoms with Crippen LogP contribution < -0.4 is 5.73 Å². The topological polar surface area (TPSA) is 162 Å². The number of carbonyl (C=O) groups excluding carboxylic acids is 3.